The molecule has 1 N–H and O–H groups in total. The molecule has 1 aromatic rings. The number of nitrogens with one attached hydrogen (secondary N) is 1. The maximum absolute atomic E-state index is 4.99. The van der Waals surface area contributed by atoms with Crippen LogP contribution in [0.25, 0.3) is 0 Å². The summed E-state index contributed by atoms with van der Waals surface area (Å²) in [5.41, 5.74) is 2.72. The van der Waals surface area contributed by atoms with Crippen molar-refractivity contribution in [2.24, 2.45) is 0 Å². The Bertz CT molecular complexity index is 358. The highest BCUT2D eigenvalue weighted by molar-refractivity contribution is 9.10. The number of rotatable bonds is 8. The molecule has 3 nitrogen and oxygen atoms in total. The van der Waals surface area contributed by atoms with E-state index in [0.29, 0.717) is 0 Å². The molecule has 0 aliphatic heterocycles. The van der Waals surface area contributed by atoms with Gasteiger partial charge in [0.05, 0.1) is 6.61 Å². The minimum Gasteiger partial charge on any atom is -0.383 e. The van der Waals surface area contributed by atoms with Gasteiger partial charge in [0.15, 0.2) is 0 Å². The van der Waals surface area contributed by atoms with Crippen LogP contribution in [0.2, 0.25) is 0 Å². The third kappa shape index (κ3) is 5.96. The van der Waals surface area contributed by atoms with Crippen molar-refractivity contribution < 1.29 is 4.74 Å². The van der Waals surface area contributed by atoms with Crippen LogP contribution in [-0.2, 0) is 11.3 Å². The second kappa shape index (κ2) is 8.64. The van der Waals surface area contributed by atoms with E-state index in [4.69, 9.17) is 4.74 Å². The zero-order valence-electron chi connectivity index (χ0n) is 11.5. The average molecular weight is 315 g/mol. The summed E-state index contributed by atoms with van der Waals surface area (Å²) in [7, 11) is 3.88. The first-order chi connectivity index (χ1) is 8.63. The van der Waals surface area contributed by atoms with Gasteiger partial charge in [-0.2, -0.15) is 0 Å². The molecule has 0 fully saturated rings. The third-order valence-electron chi connectivity index (χ3n) is 2.90. The topological polar surface area (TPSA) is 24.5 Å². The normalized spacial score (nSPS) is 11.2. The third-order valence-corrected chi connectivity index (χ3v) is 3.40. The number of hydrogen-bond donors (Lipinski definition) is 1. The number of ether oxygens (including phenoxy) is 1. The van der Waals surface area contributed by atoms with Crippen LogP contribution in [0.15, 0.2) is 22.7 Å². The molecule has 0 saturated heterocycles. The molecule has 0 aliphatic carbocycles. The van der Waals surface area contributed by atoms with Crippen molar-refractivity contribution in [2.45, 2.75) is 13.5 Å². The van der Waals surface area contributed by atoms with Gasteiger partial charge < -0.3 is 15.0 Å². The summed E-state index contributed by atoms with van der Waals surface area (Å²) in [6.07, 6.45) is 0. The van der Waals surface area contributed by atoms with Crippen LogP contribution in [0.4, 0.5) is 0 Å². The minimum absolute atomic E-state index is 0.772. The van der Waals surface area contributed by atoms with Crippen molar-refractivity contribution in [3.8, 4) is 0 Å². The molecule has 0 saturated carbocycles. The SMILES string of the molecule is COCCNCCN(C)Cc1cc(Br)ccc1C. The Morgan fingerprint density at radius 1 is 1.33 bits per heavy atom. The molecule has 18 heavy (non-hydrogen) atoms. The summed E-state index contributed by atoms with van der Waals surface area (Å²) in [5.74, 6) is 0. The van der Waals surface area contributed by atoms with Crippen LogP contribution in [0.1, 0.15) is 11.1 Å². The van der Waals surface area contributed by atoms with Crippen LogP contribution in [-0.4, -0.2) is 45.3 Å². The molecule has 0 aliphatic rings. The highest BCUT2D eigenvalue weighted by Gasteiger charge is 2.03. The predicted molar refractivity (Wildman–Crippen MR) is 80.0 cm³/mol. The molecule has 0 spiro atoms. The van der Waals surface area contributed by atoms with Crippen molar-refractivity contribution in [3.63, 3.8) is 0 Å². The second-order valence-corrected chi connectivity index (χ2v) is 5.47. The lowest BCUT2D eigenvalue weighted by atomic mass is 10.1. The van der Waals surface area contributed by atoms with Gasteiger partial charge >= 0.3 is 0 Å². The molecule has 4 heteroatoms. The van der Waals surface area contributed by atoms with Crippen LogP contribution >= 0.6 is 15.9 Å². The van der Waals surface area contributed by atoms with E-state index in [1.807, 2.05) is 0 Å². The Hall–Kier alpha value is -0.420. The van der Waals surface area contributed by atoms with E-state index in [-0.39, 0.29) is 0 Å². The first-order valence-corrected chi connectivity index (χ1v) is 7.06. The number of aryl methyl sites for hydroxylation is 1. The molecular weight excluding hydrogens is 292 g/mol. The highest BCUT2D eigenvalue weighted by Crippen LogP contribution is 2.17. The van der Waals surface area contributed by atoms with E-state index in [0.717, 1.165) is 37.3 Å². The van der Waals surface area contributed by atoms with Crippen LogP contribution in [0.3, 0.4) is 0 Å². The molecule has 1 rings (SSSR count). The van der Waals surface area contributed by atoms with E-state index < -0.39 is 0 Å². The Morgan fingerprint density at radius 3 is 2.83 bits per heavy atom. The van der Waals surface area contributed by atoms with Crippen molar-refractivity contribution in [1.29, 1.82) is 0 Å². The standard InChI is InChI=1S/C14H23BrN2O/c1-12-4-5-14(15)10-13(12)11-17(2)8-6-16-7-9-18-3/h4-5,10,16H,6-9,11H2,1-3H3. The molecular formula is C14H23BrN2O. The summed E-state index contributed by atoms with van der Waals surface area (Å²) in [6, 6.07) is 6.44. The molecule has 0 radical (unpaired) electrons. The maximum atomic E-state index is 4.99. The first-order valence-electron chi connectivity index (χ1n) is 6.26. The average Bonchev–Trinajstić information content (AvgIpc) is 2.33. The van der Waals surface area contributed by atoms with Gasteiger partial charge in [0.2, 0.25) is 0 Å². The Labute approximate surface area is 119 Å². The molecule has 1 aromatic carbocycles. The number of nitrogens with zero attached hydrogens (tertiary/aromatic N) is 1. The minimum atomic E-state index is 0.772. The molecule has 0 heterocycles. The lowest BCUT2D eigenvalue weighted by Gasteiger charge is -2.18. The van der Waals surface area contributed by atoms with Crippen molar-refractivity contribution >= 4 is 15.9 Å². The van der Waals surface area contributed by atoms with Crippen molar-refractivity contribution in [1.82, 2.24) is 10.2 Å². The number of methoxy groups -OCH3 is 1. The molecule has 0 atom stereocenters. The largest absolute Gasteiger partial charge is 0.383 e. The van der Waals surface area contributed by atoms with Crippen molar-refractivity contribution in [2.75, 3.05) is 40.4 Å². The zero-order valence-corrected chi connectivity index (χ0v) is 13.1. The van der Waals surface area contributed by atoms with Gasteiger partial charge in [0.25, 0.3) is 0 Å². The monoisotopic (exact) mass is 314 g/mol. The summed E-state index contributed by atoms with van der Waals surface area (Å²) in [6.45, 7) is 6.86. The fraction of sp³-hybridized carbons (Fsp3) is 0.571. The van der Waals surface area contributed by atoms with Crippen LogP contribution < -0.4 is 5.32 Å². The van der Waals surface area contributed by atoms with E-state index >= 15 is 0 Å². The summed E-state index contributed by atoms with van der Waals surface area (Å²) >= 11 is 3.52. The van der Waals surface area contributed by atoms with Gasteiger partial charge in [0, 0.05) is 37.8 Å². The predicted octanol–water partition coefficient (Wildman–Crippen LogP) is 2.43. The lowest BCUT2D eigenvalue weighted by molar-refractivity contribution is 0.197. The Kier molecular flexibility index (Phi) is 7.51. The van der Waals surface area contributed by atoms with Crippen LogP contribution in [0, 0.1) is 6.92 Å². The van der Waals surface area contributed by atoms with Gasteiger partial charge in [-0.3, -0.25) is 0 Å². The fourth-order valence-electron chi connectivity index (χ4n) is 1.75. The van der Waals surface area contributed by atoms with Crippen molar-refractivity contribution in [3.05, 3.63) is 33.8 Å². The number of hydrogen-bond acceptors (Lipinski definition) is 3. The first kappa shape index (κ1) is 15.6. The molecule has 102 valence electrons. The smallest absolute Gasteiger partial charge is 0.0587 e. The van der Waals surface area contributed by atoms with E-state index in [1.54, 1.807) is 7.11 Å². The van der Waals surface area contributed by atoms with Gasteiger partial charge in [-0.1, -0.05) is 22.0 Å². The summed E-state index contributed by atoms with van der Waals surface area (Å²) < 4.78 is 6.14. The van der Waals surface area contributed by atoms with Gasteiger partial charge in [-0.25, -0.2) is 0 Å². The van der Waals surface area contributed by atoms with Gasteiger partial charge in [-0.05, 0) is 37.2 Å². The second-order valence-electron chi connectivity index (χ2n) is 4.55. The van der Waals surface area contributed by atoms with Crippen LogP contribution in [0.5, 0.6) is 0 Å². The molecule has 0 aromatic heterocycles. The highest BCUT2D eigenvalue weighted by atomic mass is 79.9. The molecule has 0 bridgehead atoms. The maximum Gasteiger partial charge on any atom is 0.0587 e. The number of halogens is 1. The fourth-order valence-corrected chi connectivity index (χ4v) is 2.16. The van der Waals surface area contributed by atoms with E-state index in [9.17, 15) is 0 Å². The molecule has 0 amide bonds. The Balaban J connectivity index is 2.30. The molecule has 0 unspecified atom stereocenters. The number of likely N-dealkylation sites (N-methyl/N-ethyl adjacent to an activating group) is 1. The lowest BCUT2D eigenvalue weighted by Crippen LogP contribution is -2.30. The Morgan fingerprint density at radius 2 is 2.11 bits per heavy atom. The summed E-state index contributed by atoms with van der Waals surface area (Å²) in [4.78, 5) is 2.33. The zero-order chi connectivity index (χ0) is 13.4. The number of benzene rings is 1. The van der Waals surface area contributed by atoms with Gasteiger partial charge in [-0.15, -0.1) is 0 Å². The van der Waals surface area contributed by atoms with E-state index in [1.165, 1.54) is 11.1 Å². The summed E-state index contributed by atoms with van der Waals surface area (Å²) in [5, 5.41) is 3.35. The van der Waals surface area contributed by atoms with E-state index in [2.05, 4.69) is 58.3 Å². The quantitative estimate of drug-likeness (QED) is 0.746. The van der Waals surface area contributed by atoms with Gasteiger partial charge in [0.1, 0.15) is 0 Å².